The Morgan fingerprint density at radius 3 is 2.58 bits per heavy atom. The minimum atomic E-state index is -0.409. The zero-order chi connectivity index (χ0) is 17.2. The van der Waals surface area contributed by atoms with Crippen LogP contribution < -0.4 is 5.32 Å². The first-order valence-corrected chi connectivity index (χ1v) is 8.65. The molecule has 1 N–H and O–H groups in total. The molecule has 0 saturated heterocycles. The summed E-state index contributed by atoms with van der Waals surface area (Å²) in [5.41, 5.74) is 1.26. The van der Waals surface area contributed by atoms with Crippen LogP contribution in [-0.4, -0.2) is 27.3 Å². The molecule has 130 valence electrons. The van der Waals surface area contributed by atoms with Gasteiger partial charge in [-0.05, 0) is 65.5 Å². The second-order valence-corrected chi connectivity index (χ2v) is 7.36. The molecule has 1 aliphatic carbocycles. The molecular weight excluding hydrogens is 304 g/mol. The molecule has 0 aliphatic heterocycles. The van der Waals surface area contributed by atoms with Gasteiger partial charge in [0.05, 0.1) is 11.9 Å². The van der Waals surface area contributed by atoms with Crippen LogP contribution in [0.4, 0.5) is 5.69 Å². The van der Waals surface area contributed by atoms with Crippen molar-refractivity contribution >= 4 is 5.69 Å². The summed E-state index contributed by atoms with van der Waals surface area (Å²) < 4.78 is 11.5. The molecule has 1 saturated carbocycles. The second kappa shape index (κ2) is 6.51. The van der Waals surface area contributed by atoms with Crippen LogP contribution >= 0.6 is 0 Å². The maximum atomic E-state index is 5.97. The molecule has 1 fully saturated rings. The van der Waals surface area contributed by atoms with Gasteiger partial charge in [-0.1, -0.05) is 5.16 Å². The third kappa shape index (κ3) is 3.59. The van der Waals surface area contributed by atoms with E-state index in [4.69, 9.17) is 9.26 Å². The van der Waals surface area contributed by atoms with Gasteiger partial charge in [-0.2, -0.15) is 4.98 Å². The fraction of sp³-hybridized carbons (Fsp3) is 0.611. The van der Waals surface area contributed by atoms with Crippen molar-refractivity contribution in [3.63, 3.8) is 0 Å². The highest BCUT2D eigenvalue weighted by atomic mass is 16.5. The quantitative estimate of drug-likeness (QED) is 0.888. The third-order valence-corrected chi connectivity index (χ3v) is 4.16. The Kier molecular flexibility index (Phi) is 4.58. The first-order chi connectivity index (χ1) is 11.4. The van der Waals surface area contributed by atoms with E-state index < -0.39 is 5.60 Å². The van der Waals surface area contributed by atoms with Crippen LogP contribution in [0, 0.1) is 0 Å². The molecule has 1 aliphatic rings. The smallest absolute Gasteiger partial charge is 0.259 e. The SMILES string of the molecule is CCOC1(c2nc(-c3ccc(NC(C)(C)C)cn3)no2)CCCC1. The topological polar surface area (TPSA) is 73.1 Å². The van der Waals surface area contributed by atoms with Crippen LogP contribution in [-0.2, 0) is 10.3 Å². The molecule has 2 heterocycles. The maximum Gasteiger partial charge on any atom is 0.259 e. The fourth-order valence-electron chi connectivity index (χ4n) is 3.19. The van der Waals surface area contributed by atoms with Gasteiger partial charge in [0.15, 0.2) is 0 Å². The van der Waals surface area contributed by atoms with E-state index >= 15 is 0 Å². The Balaban J connectivity index is 1.80. The van der Waals surface area contributed by atoms with Crippen molar-refractivity contribution in [3.05, 3.63) is 24.2 Å². The molecule has 3 rings (SSSR count). The predicted molar refractivity (Wildman–Crippen MR) is 92.7 cm³/mol. The van der Waals surface area contributed by atoms with Crippen molar-refractivity contribution < 1.29 is 9.26 Å². The maximum absolute atomic E-state index is 5.97. The average molecular weight is 330 g/mol. The number of nitrogens with one attached hydrogen (secondary N) is 1. The van der Waals surface area contributed by atoms with Crippen molar-refractivity contribution in [1.82, 2.24) is 15.1 Å². The van der Waals surface area contributed by atoms with Gasteiger partial charge in [0, 0.05) is 12.1 Å². The van der Waals surface area contributed by atoms with E-state index in [1.807, 2.05) is 19.1 Å². The highest BCUT2D eigenvalue weighted by molar-refractivity contribution is 5.53. The van der Waals surface area contributed by atoms with Gasteiger partial charge >= 0.3 is 0 Å². The van der Waals surface area contributed by atoms with Crippen LogP contribution in [0.1, 0.15) is 59.3 Å². The number of nitrogens with zero attached hydrogens (tertiary/aromatic N) is 3. The number of aromatic nitrogens is 3. The average Bonchev–Trinajstić information content (AvgIpc) is 3.16. The predicted octanol–water partition coefficient (Wildman–Crippen LogP) is 4.15. The summed E-state index contributed by atoms with van der Waals surface area (Å²) in [5.74, 6) is 1.09. The summed E-state index contributed by atoms with van der Waals surface area (Å²) in [6, 6.07) is 3.89. The summed E-state index contributed by atoms with van der Waals surface area (Å²) in [6.45, 7) is 8.98. The molecule has 6 heteroatoms. The van der Waals surface area contributed by atoms with Crippen LogP contribution in [0.3, 0.4) is 0 Å². The lowest BCUT2D eigenvalue weighted by molar-refractivity contribution is -0.0610. The number of hydrogen-bond donors (Lipinski definition) is 1. The number of ether oxygens (including phenoxy) is 1. The zero-order valence-corrected chi connectivity index (χ0v) is 14.9. The van der Waals surface area contributed by atoms with Crippen molar-refractivity contribution in [2.75, 3.05) is 11.9 Å². The van der Waals surface area contributed by atoms with E-state index in [2.05, 4.69) is 41.2 Å². The van der Waals surface area contributed by atoms with Gasteiger partial charge in [0.2, 0.25) is 5.82 Å². The summed E-state index contributed by atoms with van der Waals surface area (Å²) in [7, 11) is 0. The van der Waals surface area contributed by atoms with E-state index in [0.29, 0.717) is 24.0 Å². The molecular formula is C18H26N4O2. The number of rotatable bonds is 5. The first kappa shape index (κ1) is 16.9. The molecule has 0 amide bonds. The largest absolute Gasteiger partial charge is 0.379 e. The molecule has 0 unspecified atom stereocenters. The van der Waals surface area contributed by atoms with Crippen LogP contribution in [0.2, 0.25) is 0 Å². The molecule has 0 spiro atoms. The first-order valence-electron chi connectivity index (χ1n) is 8.65. The highest BCUT2D eigenvalue weighted by Crippen LogP contribution is 2.41. The van der Waals surface area contributed by atoms with E-state index in [0.717, 1.165) is 31.4 Å². The van der Waals surface area contributed by atoms with Crippen LogP contribution in [0.15, 0.2) is 22.9 Å². The normalized spacial score (nSPS) is 17.2. The van der Waals surface area contributed by atoms with E-state index in [-0.39, 0.29) is 5.54 Å². The Morgan fingerprint density at radius 1 is 1.25 bits per heavy atom. The molecule has 0 atom stereocenters. The van der Waals surface area contributed by atoms with Gasteiger partial charge in [0.1, 0.15) is 11.3 Å². The summed E-state index contributed by atoms with van der Waals surface area (Å²) in [5, 5.41) is 7.50. The lowest BCUT2D eigenvalue weighted by atomic mass is 10.0. The molecule has 0 radical (unpaired) electrons. The molecule has 0 aromatic carbocycles. The van der Waals surface area contributed by atoms with Crippen LogP contribution in [0.25, 0.3) is 11.5 Å². The van der Waals surface area contributed by atoms with Gasteiger partial charge in [0.25, 0.3) is 5.89 Å². The van der Waals surface area contributed by atoms with E-state index in [1.165, 1.54) is 0 Å². The lowest BCUT2D eigenvalue weighted by Gasteiger charge is -2.24. The summed E-state index contributed by atoms with van der Waals surface area (Å²) in [6.07, 6.45) is 5.92. The number of hydrogen-bond acceptors (Lipinski definition) is 6. The fourth-order valence-corrected chi connectivity index (χ4v) is 3.19. The van der Waals surface area contributed by atoms with Gasteiger partial charge in [-0.3, -0.25) is 4.98 Å². The van der Waals surface area contributed by atoms with Crippen molar-refractivity contribution in [2.45, 2.75) is 64.5 Å². The molecule has 6 nitrogen and oxygen atoms in total. The lowest BCUT2D eigenvalue weighted by Crippen LogP contribution is -2.26. The van der Waals surface area contributed by atoms with Crippen LogP contribution in [0.5, 0.6) is 0 Å². The minimum Gasteiger partial charge on any atom is -0.379 e. The Bertz CT molecular complexity index is 667. The van der Waals surface area contributed by atoms with E-state index in [1.54, 1.807) is 6.20 Å². The van der Waals surface area contributed by atoms with Crippen molar-refractivity contribution in [2.24, 2.45) is 0 Å². The van der Waals surface area contributed by atoms with Crippen molar-refractivity contribution in [3.8, 4) is 11.5 Å². The van der Waals surface area contributed by atoms with Crippen molar-refractivity contribution in [1.29, 1.82) is 0 Å². The van der Waals surface area contributed by atoms with E-state index in [9.17, 15) is 0 Å². The standard InChI is InChI=1S/C18H26N4O2/c1-5-23-18(10-6-7-11-18)16-20-15(22-24-16)14-9-8-13(12-19-14)21-17(2,3)4/h8-9,12,21H,5-7,10-11H2,1-4H3. The van der Waals surface area contributed by atoms with Gasteiger partial charge in [-0.25, -0.2) is 0 Å². The second-order valence-electron chi connectivity index (χ2n) is 7.36. The minimum absolute atomic E-state index is 0.00511. The molecule has 2 aromatic heterocycles. The third-order valence-electron chi connectivity index (χ3n) is 4.16. The number of anilines is 1. The van der Waals surface area contributed by atoms with Gasteiger partial charge in [-0.15, -0.1) is 0 Å². The summed E-state index contributed by atoms with van der Waals surface area (Å²) >= 11 is 0. The zero-order valence-electron chi connectivity index (χ0n) is 14.9. The highest BCUT2D eigenvalue weighted by Gasteiger charge is 2.41. The molecule has 24 heavy (non-hydrogen) atoms. The monoisotopic (exact) mass is 330 g/mol. The Labute approximate surface area is 143 Å². The summed E-state index contributed by atoms with van der Waals surface area (Å²) in [4.78, 5) is 9.03. The Morgan fingerprint density at radius 2 is 2.00 bits per heavy atom. The Hall–Kier alpha value is -1.95. The van der Waals surface area contributed by atoms with Gasteiger partial charge < -0.3 is 14.6 Å². The number of pyridine rings is 1. The molecule has 0 bridgehead atoms. The molecule has 2 aromatic rings.